The monoisotopic (exact) mass is 573 g/mol. The molecular weight excluding hydrogens is 546 g/mol. The number of thiophene rings is 2. The van der Waals surface area contributed by atoms with Crippen LogP contribution in [0.1, 0.15) is 40.9 Å². The maximum atomic E-state index is 14.0. The first-order valence-corrected chi connectivity index (χ1v) is 15.7. The van der Waals surface area contributed by atoms with Crippen LogP contribution in [0.25, 0.3) is 20.5 Å². The number of nitrogens with one attached hydrogen (secondary N) is 1. The first kappa shape index (κ1) is 26.3. The average Bonchev–Trinajstić information content (AvgIpc) is 3.53. The molecule has 3 N–H and O–H groups in total. The lowest BCUT2D eigenvalue weighted by Gasteiger charge is -2.37. The summed E-state index contributed by atoms with van der Waals surface area (Å²) >= 11 is 9.31. The van der Waals surface area contributed by atoms with Gasteiger partial charge in [0.15, 0.2) is 0 Å². The van der Waals surface area contributed by atoms with Crippen molar-refractivity contribution in [2.45, 2.75) is 48.5 Å². The van der Waals surface area contributed by atoms with E-state index in [0.29, 0.717) is 22.5 Å². The smallest absolute Gasteiger partial charge is 0.266 e. The summed E-state index contributed by atoms with van der Waals surface area (Å²) in [5.41, 5.74) is 1.87. The third-order valence-electron chi connectivity index (χ3n) is 6.96. The summed E-state index contributed by atoms with van der Waals surface area (Å²) in [6.45, 7) is 0.444. The number of nitrogens with two attached hydrogens (primary N) is 1. The van der Waals surface area contributed by atoms with Crippen molar-refractivity contribution in [3.05, 3.63) is 76.1 Å². The van der Waals surface area contributed by atoms with Crippen molar-refractivity contribution in [1.82, 2.24) is 10.2 Å². The largest absolute Gasteiger partial charge is 0.331 e. The Balaban J connectivity index is 1.47. The normalized spacial score (nSPS) is 18.2. The lowest BCUT2D eigenvalue weighted by molar-refractivity contribution is 0.0606. The van der Waals surface area contributed by atoms with Gasteiger partial charge in [-0.05, 0) is 68.1 Å². The van der Waals surface area contributed by atoms with Crippen LogP contribution in [0.4, 0.5) is 0 Å². The number of sulfonamides is 1. The summed E-state index contributed by atoms with van der Waals surface area (Å²) in [5, 5.41) is 10.1. The van der Waals surface area contributed by atoms with E-state index >= 15 is 0 Å². The highest BCUT2D eigenvalue weighted by atomic mass is 35.5. The van der Waals surface area contributed by atoms with Crippen molar-refractivity contribution in [3.63, 3.8) is 0 Å². The molecule has 2 aromatic carbocycles. The van der Waals surface area contributed by atoms with Gasteiger partial charge in [0.2, 0.25) is 10.0 Å². The molecule has 1 aliphatic carbocycles. The van der Waals surface area contributed by atoms with Gasteiger partial charge < -0.3 is 10.2 Å². The van der Waals surface area contributed by atoms with Crippen LogP contribution in [0, 0.1) is 0 Å². The van der Waals surface area contributed by atoms with Gasteiger partial charge in [-0.25, -0.2) is 13.6 Å². The molecular formula is C27H28ClN3O3S3. The van der Waals surface area contributed by atoms with Crippen LogP contribution < -0.4 is 10.5 Å². The summed E-state index contributed by atoms with van der Waals surface area (Å²) in [4.78, 5) is 17.4. The van der Waals surface area contributed by atoms with Gasteiger partial charge in [-0.15, -0.1) is 22.7 Å². The summed E-state index contributed by atoms with van der Waals surface area (Å²) in [6, 6.07) is 19.6. The number of carbonyl (C=O) groups is 1. The fourth-order valence-electron chi connectivity index (χ4n) is 4.97. The first-order chi connectivity index (χ1) is 17.7. The highest BCUT2D eigenvalue weighted by Crippen LogP contribution is 2.38. The van der Waals surface area contributed by atoms with Crippen molar-refractivity contribution in [2.24, 2.45) is 5.14 Å². The number of hydrogen-bond donors (Lipinski definition) is 2. The van der Waals surface area contributed by atoms with Crippen LogP contribution in [0.2, 0.25) is 5.02 Å². The zero-order valence-electron chi connectivity index (χ0n) is 20.3. The Kier molecular flexibility index (Phi) is 7.72. The molecule has 2 aromatic heterocycles. The first-order valence-electron chi connectivity index (χ1n) is 12.1. The Labute approximate surface area is 230 Å². The van der Waals surface area contributed by atoms with Gasteiger partial charge in [-0.3, -0.25) is 4.79 Å². The van der Waals surface area contributed by atoms with E-state index in [0.717, 1.165) is 63.1 Å². The number of hydrogen-bond acceptors (Lipinski definition) is 6. The van der Waals surface area contributed by atoms with E-state index in [1.165, 1.54) is 17.4 Å². The Morgan fingerprint density at radius 2 is 1.81 bits per heavy atom. The average molecular weight is 574 g/mol. The molecule has 10 heteroatoms. The minimum Gasteiger partial charge on any atom is -0.331 e. The molecule has 1 fully saturated rings. The molecule has 1 amide bonds. The van der Waals surface area contributed by atoms with E-state index in [1.807, 2.05) is 60.5 Å². The minimum absolute atomic E-state index is 0.0443. The second-order valence-electron chi connectivity index (χ2n) is 9.33. The number of fused-ring (bicyclic) bond motifs is 1. The lowest BCUT2D eigenvalue weighted by Crippen LogP contribution is -2.44. The molecule has 0 unspecified atom stereocenters. The standard InChI is InChI=1S/C27H28ClN3O3S3/c1-30-19-9-11-20(12-10-19)31(27(32)26-25(28)21-7-2-3-8-23(21)36-26)16-17-5-4-6-18(15-17)22-13-14-24(35-22)37(29,33)34/h2-8,13-15,19-20,30H,9-12,16H2,1H3,(H2,29,33,34). The van der Waals surface area contributed by atoms with E-state index in [2.05, 4.69) is 5.32 Å². The molecule has 194 valence electrons. The zero-order valence-corrected chi connectivity index (χ0v) is 23.5. The van der Waals surface area contributed by atoms with Gasteiger partial charge in [0.1, 0.15) is 9.09 Å². The molecule has 0 atom stereocenters. The highest BCUT2D eigenvalue weighted by Gasteiger charge is 2.31. The Morgan fingerprint density at radius 1 is 1.05 bits per heavy atom. The lowest BCUT2D eigenvalue weighted by atomic mass is 9.89. The second kappa shape index (κ2) is 10.8. The quantitative estimate of drug-likeness (QED) is 0.279. The highest BCUT2D eigenvalue weighted by molar-refractivity contribution is 7.91. The molecule has 0 bridgehead atoms. The number of benzene rings is 2. The van der Waals surface area contributed by atoms with Crippen LogP contribution in [0.3, 0.4) is 0 Å². The van der Waals surface area contributed by atoms with Crippen molar-refractivity contribution < 1.29 is 13.2 Å². The van der Waals surface area contributed by atoms with Crippen LogP contribution in [-0.2, 0) is 16.6 Å². The maximum absolute atomic E-state index is 14.0. The number of nitrogens with zero attached hydrogens (tertiary/aromatic N) is 1. The molecule has 0 saturated heterocycles. The van der Waals surface area contributed by atoms with E-state index in [-0.39, 0.29) is 16.2 Å². The molecule has 4 aromatic rings. The van der Waals surface area contributed by atoms with Crippen LogP contribution >= 0.6 is 34.3 Å². The molecule has 0 spiro atoms. The Morgan fingerprint density at radius 3 is 2.49 bits per heavy atom. The van der Waals surface area contributed by atoms with Crippen LogP contribution in [-0.4, -0.2) is 38.4 Å². The topological polar surface area (TPSA) is 92.5 Å². The van der Waals surface area contributed by atoms with Crippen LogP contribution in [0.15, 0.2) is 64.9 Å². The summed E-state index contributed by atoms with van der Waals surface area (Å²) < 4.78 is 24.6. The van der Waals surface area contributed by atoms with Gasteiger partial charge >= 0.3 is 0 Å². The fraction of sp³-hybridized carbons (Fsp3) is 0.296. The molecule has 37 heavy (non-hydrogen) atoms. The Hall–Kier alpha value is -2.27. The number of rotatable bonds is 7. The zero-order chi connectivity index (χ0) is 26.2. The van der Waals surface area contributed by atoms with Crippen molar-refractivity contribution in [2.75, 3.05) is 7.05 Å². The minimum atomic E-state index is -3.75. The molecule has 1 saturated carbocycles. The second-order valence-corrected chi connectivity index (χ2v) is 13.6. The molecule has 6 nitrogen and oxygen atoms in total. The van der Waals surface area contributed by atoms with E-state index in [9.17, 15) is 13.2 Å². The number of primary sulfonamides is 1. The van der Waals surface area contributed by atoms with Gasteiger partial charge in [-0.2, -0.15) is 0 Å². The molecule has 0 aliphatic heterocycles. The summed E-state index contributed by atoms with van der Waals surface area (Å²) in [6.07, 6.45) is 3.86. The van der Waals surface area contributed by atoms with Crippen molar-refractivity contribution >= 4 is 60.3 Å². The summed E-state index contributed by atoms with van der Waals surface area (Å²) in [7, 11) is -1.76. The molecule has 5 rings (SSSR count). The number of amides is 1. The fourth-order valence-corrected chi connectivity index (χ4v) is 8.17. The number of carbonyl (C=O) groups excluding carboxylic acids is 1. The predicted molar refractivity (Wildman–Crippen MR) is 153 cm³/mol. The third kappa shape index (κ3) is 5.62. The molecule has 1 aliphatic rings. The van der Waals surface area contributed by atoms with E-state index in [1.54, 1.807) is 6.07 Å². The van der Waals surface area contributed by atoms with Crippen LogP contribution in [0.5, 0.6) is 0 Å². The third-order valence-corrected chi connectivity index (χ3v) is 11.2. The predicted octanol–water partition coefficient (Wildman–Crippen LogP) is 6.10. The molecule has 2 heterocycles. The Bertz CT molecular complexity index is 1540. The van der Waals surface area contributed by atoms with E-state index < -0.39 is 10.0 Å². The number of halogens is 1. The van der Waals surface area contributed by atoms with Gasteiger partial charge in [-0.1, -0.05) is 48.0 Å². The summed E-state index contributed by atoms with van der Waals surface area (Å²) in [5.74, 6) is -0.0443. The van der Waals surface area contributed by atoms with E-state index in [4.69, 9.17) is 16.7 Å². The SMILES string of the molecule is CNC1CCC(N(Cc2cccc(-c3ccc(S(N)(=O)=O)s3)c2)C(=O)c2sc3ccccc3c2Cl)CC1. The van der Waals surface area contributed by atoms with Crippen molar-refractivity contribution in [1.29, 1.82) is 0 Å². The van der Waals surface area contributed by atoms with Gasteiger partial charge in [0.05, 0.1) is 5.02 Å². The maximum Gasteiger partial charge on any atom is 0.266 e. The van der Waals surface area contributed by atoms with Gasteiger partial charge in [0, 0.05) is 33.6 Å². The van der Waals surface area contributed by atoms with Gasteiger partial charge in [0.25, 0.3) is 5.91 Å². The molecule has 0 radical (unpaired) electrons. The van der Waals surface area contributed by atoms with Crippen molar-refractivity contribution in [3.8, 4) is 10.4 Å².